The van der Waals surface area contributed by atoms with Crippen LogP contribution in [0.2, 0.25) is 5.02 Å². The number of halogens is 4. The van der Waals surface area contributed by atoms with Crippen molar-refractivity contribution in [2.24, 2.45) is 7.05 Å². The van der Waals surface area contributed by atoms with E-state index in [9.17, 15) is 18.0 Å². The third-order valence-electron chi connectivity index (χ3n) is 3.74. The van der Waals surface area contributed by atoms with Gasteiger partial charge in [-0.1, -0.05) is 23.7 Å². The van der Waals surface area contributed by atoms with Gasteiger partial charge in [0.15, 0.2) is 0 Å². The first-order chi connectivity index (χ1) is 13.2. The molecule has 0 bridgehead atoms. The lowest BCUT2D eigenvalue weighted by atomic mass is 10.1. The number of aromatic nitrogens is 4. The van der Waals surface area contributed by atoms with Crippen LogP contribution >= 0.6 is 11.6 Å². The highest BCUT2D eigenvalue weighted by molar-refractivity contribution is 6.32. The third-order valence-corrected chi connectivity index (χ3v) is 4.04. The summed E-state index contributed by atoms with van der Waals surface area (Å²) in [6.07, 6.45) is -4.93. The van der Waals surface area contributed by atoms with E-state index in [2.05, 4.69) is 15.2 Å². The van der Waals surface area contributed by atoms with Crippen LogP contribution in [0.5, 0.6) is 11.5 Å². The van der Waals surface area contributed by atoms with E-state index in [1.54, 1.807) is 18.2 Å². The molecule has 0 aliphatic rings. The number of hydrogen-bond donors (Lipinski definition) is 0. The van der Waals surface area contributed by atoms with Gasteiger partial charge in [-0.3, -0.25) is 0 Å². The standard InChI is InChI=1S/C17H14ClF3N4O3/c1-10-6-7-15(12(18)8-10)27-9-11-13(25-16(26)24(2)22-23-25)4-3-5-14(11)28-17(19,20)21/h3-8H,9H2,1-2H3. The van der Waals surface area contributed by atoms with E-state index in [-0.39, 0.29) is 23.6 Å². The Morgan fingerprint density at radius 2 is 1.89 bits per heavy atom. The van der Waals surface area contributed by atoms with Crippen molar-refractivity contribution in [2.75, 3.05) is 0 Å². The first-order valence-electron chi connectivity index (χ1n) is 7.91. The summed E-state index contributed by atoms with van der Waals surface area (Å²) >= 11 is 6.11. The van der Waals surface area contributed by atoms with Crippen LogP contribution in [0.15, 0.2) is 41.2 Å². The number of tetrazole rings is 1. The first kappa shape index (κ1) is 19.7. The van der Waals surface area contributed by atoms with E-state index in [4.69, 9.17) is 16.3 Å². The summed E-state index contributed by atoms with van der Waals surface area (Å²) in [7, 11) is 1.37. The summed E-state index contributed by atoms with van der Waals surface area (Å²) in [5.74, 6) is -0.252. The highest BCUT2D eigenvalue weighted by Gasteiger charge is 2.33. The summed E-state index contributed by atoms with van der Waals surface area (Å²) in [5.41, 5.74) is 0.255. The highest BCUT2D eigenvalue weighted by atomic mass is 35.5. The molecule has 0 aliphatic carbocycles. The molecule has 0 saturated heterocycles. The summed E-state index contributed by atoms with van der Waals surface area (Å²) in [6.45, 7) is 1.48. The minimum absolute atomic E-state index is 0.0425. The molecule has 0 fully saturated rings. The van der Waals surface area contributed by atoms with Crippen LogP contribution in [0.1, 0.15) is 11.1 Å². The number of aryl methyl sites for hydroxylation is 2. The maximum Gasteiger partial charge on any atom is 0.573 e. The Kier molecular flexibility index (Phi) is 5.32. The van der Waals surface area contributed by atoms with Crippen molar-refractivity contribution in [1.29, 1.82) is 0 Å². The number of benzene rings is 2. The molecule has 1 heterocycles. The Labute approximate surface area is 161 Å². The monoisotopic (exact) mass is 414 g/mol. The largest absolute Gasteiger partial charge is 0.573 e. The molecule has 1 aromatic heterocycles. The van der Waals surface area contributed by atoms with E-state index in [1.165, 1.54) is 19.2 Å². The van der Waals surface area contributed by atoms with Gasteiger partial charge in [0, 0.05) is 7.05 Å². The summed E-state index contributed by atoms with van der Waals surface area (Å²) in [5, 5.41) is 7.54. The lowest BCUT2D eigenvalue weighted by molar-refractivity contribution is -0.275. The van der Waals surface area contributed by atoms with E-state index in [0.29, 0.717) is 5.02 Å². The topological polar surface area (TPSA) is 71.2 Å². The first-order valence-corrected chi connectivity index (χ1v) is 8.29. The smallest absolute Gasteiger partial charge is 0.487 e. The van der Waals surface area contributed by atoms with Gasteiger partial charge in [0.05, 0.1) is 16.3 Å². The predicted octanol–water partition coefficient (Wildman–Crippen LogP) is 3.41. The van der Waals surface area contributed by atoms with Crippen molar-refractivity contribution in [3.8, 4) is 17.2 Å². The molecule has 0 saturated carbocycles. The normalized spacial score (nSPS) is 11.5. The SMILES string of the molecule is Cc1ccc(OCc2c(OC(F)(F)F)cccc2-n2nnn(C)c2=O)c(Cl)c1. The van der Waals surface area contributed by atoms with Crippen LogP contribution in [0, 0.1) is 6.92 Å². The quantitative estimate of drug-likeness (QED) is 0.640. The van der Waals surface area contributed by atoms with Crippen molar-refractivity contribution in [3.05, 3.63) is 63.0 Å². The molecule has 0 spiro atoms. The van der Waals surface area contributed by atoms with Crippen molar-refractivity contribution >= 4 is 11.6 Å². The molecule has 2 aromatic carbocycles. The minimum atomic E-state index is -4.93. The molecule has 0 radical (unpaired) electrons. The Hall–Kier alpha value is -3.01. The van der Waals surface area contributed by atoms with Gasteiger partial charge in [-0.05, 0) is 47.2 Å². The van der Waals surface area contributed by atoms with Gasteiger partial charge in [-0.25, -0.2) is 4.79 Å². The van der Waals surface area contributed by atoms with Gasteiger partial charge in [-0.15, -0.1) is 13.2 Å². The van der Waals surface area contributed by atoms with Crippen LogP contribution in [0.25, 0.3) is 5.69 Å². The molecule has 0 atom stereocenters. The van der Waals surface area contributed by atoms with Gasteiger partial charge in [0.25, 0.3) is 0 Å². The molecule has 3 rings (SSSR count). The van der Waals surface area contributed by atoms with Crippen molar-refractivity contribution in [1.82, 2.24) is 19.8 Å². The Balaban J connectivity index is 2.04. The number of alkyl halides is 3. The molecule has 148 valence electrons. The molecule has 11 heteroatoms. The molecular formula is C17H14ClF3N4O3. The van der Waals surface area contributed by atoms with Gasteiger partial charge in [-0.2, -0.15) is 9.36 Å². The fraction of sp³-hybridized carbons (Fsp3) is 0.235. The zero-order valence-electron chi connectivity index (χ0n) is 14.7. The molecule has 0 N–H and O–H groups in total. The average Bonchev–Trinajstić information content (AvgIpc) is 2.93. The third kappa shape index (κ3) is 4.28. The Morgan fingerprint density at radius 1 is 1.14 bits per heavy atom. The van der Waals surface area contributed by atoms with Crippen molar-refractivity contribution in [2.45, 2.75) is 19.9 Å². The minimum Gasteiger partial charge on any atom is -0.487 e. The van der Waals surface area contributed by atoms with Crippen molar-refractivity contribution in [3.63, 3.8) is 0 Å². The molecule has 0 amide bonds. The van der Waals surface area contributed by atoms with Gasteiger partial charge < -0.3 is 9.47 Å². The molecule has 0 aliphatic heterocycles. The second kappa shape index (κ2) is 7.55. The maximum atomic E-state index is 12.8. The number of ether oxygens (including phenoxy) is 2. The van der Waals surface area contributed by atoms with Crippen LogP contribution in [-0.2, 0) is 13.7 Å². The van der Waals surface area contributed by atoms with E-state index in [1.807, 2.05) is 6.92 Å². The second-order valence-electron chi connectivity index (χ2n) is 5.82. The van der Waals surface area contributed by atoms with E-state index < -0.39 is 17.8 Å². The van der Waals surface area contributed by atoms with Gasteiger partial charge in [0.2, 0.25) is 0 Å². The summed E-state index contributed by atoms with van der Waals surface area (Å²) in [4.78, 5) is 12.2. The Morgan fingerprint density at radius 3 is 2.50 bits per heavy atom. The lowest BCUT2D eigenvalue weighted by Crippen LogP contribution is -2.24. The summed E-state index contributed by atoms with van der Waals surface area (Å²) in [6, 6.07) is 8.83. The fourth-order valence-corrected chi connectivity index (χ4v) is 2.75. The number of hydrogen-bond acceptors (Lipinski definition) is 5. The molecule has 7 nitrogen and oxygen atoms in total. The second-order valence-corrected chi connectivity index (χ2v) is 6.23. The number of nitrogens with zero attached hydrogens (tertiary/aromatic N) is 4. The molecule has 3 aromatic rings. The van der Waals surface area contributed by atoms with E-state index >= 15 is 0 Å². The average molecular weight is 415 g/mol. The molecular weight excluding hydrogens is 401 g/mol. The fourth-order valence-electron chi connectivity index (χ4n) is 2.46. The maximum absolute atomic E-state index is 12.8. The van der Waals surface area contributed by atoms with Crippen LogP contribution in [0.3, 0.4) is 0 Å². The lowest BCUT2D eigenvalue weighted by Gasteiger charge is -2.17. The predicted molar refractivity (Wildman–Crippen MR) is 93.8 cm³/mol. The molecule has 28 heavy (non-hydrogen) atoms. The van der Waals surface area contributed by atoms with E-state index in [0.717, 1.165) is 21.0 Å². The van der Waals surface area contributed by atoms with Gasteiger partial charge in [0.1, 0.15) is 18.1 Å². The Bertz CT molecular complexity index is 1060. The highest BCUT2D eigenvalue weighted by Crippen LogP contribution is 2.32. The van der Waals surface area contributed by atoms with Crippen molar-refractivity contribution < 1.29 is 22.6 Å². The van der Waals surface area contributed by atoms with Crippen LogP contribution in [0.4, 0.5) is 13.2 Å². The summed E-state index contributed by atoms with van der Waals surface area (Å²) < 4.78 is 50.0. The van der Waals surface area contributed by atoms with Crippen LogP contribution < -0.4 is 15.2 Å². The van der Waals surface area contributed by atoms with Gasteiger partial charge >= 0.3 is 12.1 Å². The van der Waals surface area contributed by atoms with Crippen LogP contribution in [-0.4, -0.2) is 26.2 Å². The number of rotatable bonds is 5. The zero-order valence-corrected chi connectivity index (χ0v) is 15.5. The zero-order chi connectivity index (χ0) is 20.5. The molecule has 0 unspecified atom stereocenters.